The Hall–Kier alpha value is -3.76. The number of aromatic nitrogens is 3. The van der Waals surface area contributed by atoms with E-state index in [0.717, 1.165) is 67.7 Å². The smallest absolute Gasteiger partial charge is 0.167 e. The summed E-state index contributed by atoms with van der Waals surface area (Å²) >= 11 is 0. The van der Waals surface area contributed by atoms with E-state index in [1.807, 2.05) is 22.9 Å². The van der Waals surface area contributed by atoms with Gasteiger partial charge in [0.05, 0.1) is 11.3 Å². The third-order valence-electron chi connectivity index (χ3n) is 7.01. The van der Waals surface area contributed by atoms with Gasteiger partial charge in [-0.2, -0.15) is 5.26 Å². The van der Waals surface area contributed by atoms with Crippen LogP contribution in [0.15, 0.2) is 48.7 Å². The fourth-order valence-corrected chi connectivity index (χ4v) is 5.32. The van der Waals surface area contributed by atoms with E-state index in [1.165, 1.54) is 23.3 Å². The summed E-state index contributed by atoms with van der Waals surface area (Å²) in [5.74, 6) is 0.0559. The van der Waals surface area contributed by atoms with Gasteiger partial charge in [0.1, 0.15) is 23.2 Å². The number of hydrogen-bond donors (Lipinski definition) is 1. The van der Waals surface area contributed by atoms with Crippen LogP contribution in [-0.4, -0.2) is 33.7 Å². The first kappa shape index (κ1) is 20.8. The lowest BCUT2D eigenvalue weighted by atomic mass is 10.1. The van der Waals surface area contributed by atoms with Gasteiger partial charge in [-0.25, -0.2) is 14.4 Å². The summed E-state index contributed by atoms with van der Waals surface area (Å²) in [6.07, 6.45) is 7.18. The second-order valence-corrected chi connectivity index (χ2v) is 9.23. The second-order valence-electron chi connectivity index (χ2n) is 9.23. The highest BCUT2D eigenvalue weighted by atomic mass is 19.1. The predicted octanol–water partition coefficient (Wildman–Crippen LogP) is 4.51. The maximum absolute atomic E-state index is 14.6. The number of piperidine rings is 1. The molecule has 170 valence electrons. The Balaban J connectivity index is 1.59. The Morgan fingerprint density at radius 2 is 1.94 bits per heavy atom. The molecule has 0 spiro atoms. The molecule has 34 heavy (non-hydrogen) atoms. The molecule has 0 radical (unpaired) electrons. The summed E-state index contributed by atoms with van der Waals surface area (Å²) in [6, 6.07) is 15.2. The van der Waals surface area contributed by atoms with Crippen LogP contribution in [0.4, 0.5) is 10.1 Å². The fraction of sp³-hybridized carbons (Fsp3) is 0.296. The van der Waals surface area contributed by atoms with Crippen LogP contribution in [0.2, 0.25) is 0 Å². The summed E-state index contributed by atoms with van der Waals surface area (Å²) in [5, 5.41) is 9.18. The Bertz CT molecular complexity index is 1450. The van der Waals surface area contributed by atoms with Crippen LogP contribution in [0.5, 0.6) is 0 Å². The van der Waals surface area contributed by atoms with Gasteiger partial charge >= 0.3 is 0 Å². The van der Waals surface area contributed by atoms with Crippen LogP contribution < -0.4 is 10.6 Å². The number of rotatable bonds is 3. The highest BCUT2D eigenvalue weighted by Gasteiger charge is 2.24. The molecule has 0 saturated carbocycles. The van der Waals surface area contributed by atoms with Crippen molar-refractivity contribution in [3.63, 3.8) is 0 Å². The highest BCUT2D eigenvalue weighted by Crippen LogP contribution is 2.35. The van der Waals surface area contributed by atoms with E-state index in [4.69, 9.17) is 15.7 Å². The molecule has 1 aliphatic carbocycles. The largest absolute Gasteiger partial charge is 0.368 e. The second kappa shape index (κ2) is 8.23. The van der Waals surface area contributed by atoms with Crippen molar-refractivity contribution in [3.05, 3.63) is 71.2 Å². The van der Waals surface area contributed by atoms with Gasteiger partial charge in [0, 0.05) is 36.6 Å². The number of hydrogen-bond acceptors (Lipinski definition) is 5. The van der Waals surface area contributed by atoms with Crippen LogP contribution >= 0.6 is 0 Å². The van der Waals surface area contributed by atoms with Crippen LogP contribution in [0.25, 0.3) is 28.2 Å². The number of imidazole rings is 1. The summed E-state index contributed by atoms with van der Waals surface area (Å²) < 4.78 is 16.6. The van der Waals surface area contributed by atoms with E-state index in [-0.39, 0.29) is 11.6 Å². The van der Waals surface area contributed by atoms with Crippen molar-refractivity contribution in [1.82, 2.24) is 14.5 Å². The van der Waals surface area contributed by atoms with Crippen LogP contribution in [0.3, 0.4) is 0 Å². The number of fused-ring (bicyclic) bond motifs is 2. The SMILES string of the molecule is N#Cc1ccc(-c2nc3c(N4CCCC(N)C4)ccnc3n2-c2ccc3c(c2)CCC3)cc1F. The van der Waals surface area contributed by atoms with Crippen molar-refractivity contribution < 1.29 is 4.39 Å². The molecule has 2 aromatic carbocycles. The molecule has 4 aromatic rings. The molecule has 0 amide bonds. The molecule has 3 heterocycles. The third-order valence-corrected chi connectivity index (χ3v) is 7.01. The van der Waals surface area contributed by atoms with Gasteiger partial charge in [-0.15, -0.1) is 0 Å². The zero-order valence-electron chi connectivity index (χ0n) is 18.8. The van der Waals surface area contributed by atoms with Gasteiger partial charge in [-0.05, 0) is 79.6 Å². The quantitative estimate of drug-likeness (QED) is 0.494. The lowest BCUT2D eigenvalue weighted by Crippen LogP contribution is -2.42. The minimum Gasteiger partial charge on any atom is -0.368 e. The Labute approximate surface area is 197 Å². The van der Waals surface area contributed by atoms with Crippen molar-refractivity contribution in [1.29, 1.82) is 5.26 Å². The number of nitrogens with two attached hydrogens (primary N) is 1. The maximum atomic E-state index is 14.6. The van der Waals surface area contributed by atoms with E-state index < -0.39 is 5.82 Å². The number of anilines is 1. The number of benzene rings is 2. The first-order chi connectivity index (χ1) is 16.6. The molecule has 6 rings (SSSR count). The number of nitrogens with zero attached hydrogens (tertiary/aromatic N) is 5. The van der Waals surface area contributed by atoms with Crippen LogP contribution in [-0.2, 0) is 12.8 Å². The molecule has 2 aromatic heterocycles. The average molecular weight is 453 g/mol. The number of aryl methyl sites for hydroxylation is 2. The van der Waals surface area contributed by atoms with Crippen LogP contribution in [0, 0.1) is 17.1 Å². The topological polar surface area (TPSA) is 83.8 Å². The lowest BCUT2D eigenvalue weighted by Gasteiger charge is -2.32. The normalized spacial score (nSPS) is 17.7. The summed E-state index contributed by atoms with van der Waals surface area (Å²) in [4.78, 5) is 12.0. The molecule has 1 unspecified atom stereocenters. The molecular weight excluding hydrogens is 427 g/mol. The summed E-state index contributed by atoms with van der Waals surface area (Å²) in [5.41, 5.74) is 13.1. The highest BCUT2D eigenvalue weighted by molar-refractivity contribution is 5.90. The average Bonchev–Trinajstić information content (AvgIpc) is 3.48. The zero-order valence-corrected chi connectivity index (χ0v) is 18.8. The number of halogens is 1. The minimum absolute atomic E-state index is 0.0186. The van der Waals surface area contributed by atoms with Gasteiger partial charge in [0.15, 0.2) is 5.65 Å². The molecule has 0 bridgehead atoms. The van der Waals surface area contributed by atoms with E-state index in [1.54, 1.807) is 6.07 Å². The van der Waals surface area contributed by atoms with Crippen molar-refractivity contribution in [3.8, 4) is 23.1 Å². The molecular formula is C27H25FN6. The Kier molecular flexibility index (Phi) is 5.04. The first-order valence-electron chi connectivity index (χ1n) is 11.8. The summed E-state index contributed by atoms with van der Waals surface area (Å²) in [7, 11) is 0. The van der Waals surface area contributed by atoms with Crippen molar-refractivity contribution in [2.24, 2.45) is 5.73 Å². The van der Waals surface area contributed by atoms with Gasteiger partial charge in [0.25, 0.3) is 0 Å². The van der Waals surface area contributed by atoms with Crippen LogP contribution in [0.1, 0.15) is 36.0 Å². The van der Waals surface area contributed by atoms with E-state index >= 15 is 0 Å². The minimum atomic E-state index is -0.553. The lowest BCUT2D eigenvalue weighted by molar-refractivity contribution is 0.507. The van der Waals surface area contributed by atoms with E-state index in [2.05, 4.69) is 23.1 Å². The maximum Gasteiger partial charge on any atom is 0.167 e. The van der Waals surface area contributed by atoms with E-state index in [0.29, 0.717) is 11.4 Å². The van der Waals surface area contributed by atoms with Gasteiger partial charge in [-0.1, -0.05) is 6.07 Å². The van der Waals surface area contributed by atoms with Crippen molar-refractivity contribution in [2.45, 2.75) is 38.1 Å². The molecule has 1 aliphatic heterocycles. The number of nitriles is 1. The molecule has 6 nitrogen and oxygen atoms in total. The van der Waals surface area contributed by atoms with Crippen molar-refractivity contribution >= 4 is 16.9 Å². The molecule has 1 saturated heterocycles. The third kappa shape index (κ3) is 3.42. The predicted molar refractivity (Wildman–Crippen MR) is 130 cm³/mol. The summed E-state index contributed by atoms with van der Waals surface area (Å²) in [6.45, 7) is 1.69. The van der Waals surface area contributed by atoms with Crippen molar-refractivity contribution in [2.75, 3.05) is 18.0 Å². The fourth-order valence-electron chi connectivity index (χ4n) is 5.32. The van der Waals surface area contributed by atoms with E-state index in [9.17, 15) is 9.65 Å². The van der Waals surface area contributed by atoms with Gasteiger partial charge in [0.2, 0.25) is 0 Å². The monoisotopic (exact) mass is 452 g/mol. The molecule has 2 N–H and O–H groups in total. The molecule has 2 aliphatic rings. The van der Waals surface area contributed by atoms with Gasteiger partial charge in [-0.3, -0.25) is 4.57 Å². The molecule has 1 atom stereocenters. The molecule has 7 heteroatoms. The Morgan fingerprint density at radius 1 is 1.06 bits per heavy atom. The zero-order chi connectivity index (χ0) is 23.2. The van der Waals surface area contributed by atoms with Gasteiger partial charge < -0.3 is 10.6 Å². The Morgan fingerprint density at radius 3 is 2.76 bits per heavy atom. The number of pyridine rings is 1. The standard InChI is InChI=1S/C27H25FN6/c28-23-14-19(6-7-20(23)15-29)26-32-25-24(33-12-2-5-21(30)16-33)10-11-31-27(25)34(26)22-9-8-17-3-1-4-18(17)13-22/h6-11,13-14,21H,1-5,12,16,30H2. The molecule has 1 fully saturated rings. The first-order valence-corrected chi connectivity index (χ1v) is 11.8.